The Morgan fingerprint density at radius 2 is 1.81 bits per heavy atom. The maximum Gasteiger partial charge on any atom is 0.273 e. The Morgan fingerprint density at radius 1 is 1.06 bits per heavy atom. The maximum absolute atomic E-state index is 14.2. The summed E-state index contributed by atoms with van der Waals surface area (Å²) >= 11 is 0. The molecule has 0 aliphatic carbocycles. The number of carbonyl (C=O) groups is 1. The number of benzene rings is 2. The van der Waals surface area contributed by atoms with Gasteiger partial charge in [-0.1, -0.05) is 18.2 Å². The molecule has 0 radical (unpaired) electrons. The van der Waals surface area contributed by atoms with Crippen molar-refractivity contribution in [2.24, 2.45) is 0 Å². The fourth-order valence-electron chi connectivity index (χ4n) is 2.94. The van der Waals surface area contributed by atoms with E-state index in [-0.39, 0.29) is 36.1 Å². The summed E-state index contributed by atoms with van der Waals surface area (Å²) in [6, 6.07) is 9.27. The number of aromatic nitrogens is 1. The molecule has 0 aliphatic heterocycles. The molecule has 31 heavy (non-hydrogen) atoms. The van der Waals surface area contributed by atoms with E-state index in [1.54, 1.807) is 17.0 Å². The zero-order chi connectivity index (χ0) is 22.2. The predicted molar refractivity (Wildman–Crippen MR) is 106 cm³/mol. The molecule has 9 heteroatoms. The highest BCUT2D eigenvalue weighted by Gasteiger charge is 2.17. The summed E-state index contributed by atoms with van der Waals surface area (Å²) in [4.78, 5) is 18.1. The summed E-state index contributed by atoms with van der Waals surface area (Å²) in [5, 5.41) is 2.64. The molecular formula is C22H22F3N3O3. The Morgan fingerprint density at radius 3 is 2.52 bits per heavy atom. The highest BCUT2D eigenvalue weighted by molar-refractivity contribution is 5.91. The Bertz CT molecular complexity index is 1010. The Balaban J connectivity index is 1.74. The summed E-state index contributed by atoms with van der Waals surface area (Å²) < 4.78 is 50.9. The monoisotopic (exact) mass is 433 g/mol. The molecule has 1 aromatic heterocycles. The topological polar surface area (TPSA) is 67.6 Å². The first-order valence-corrected chi connectivity index (χ1v) is 9.57. The first kappa shape index (κ1) is 22.5. The van der Waals surface area contributed by atoms with Gasteiger partial charge in [0.1, 0.15) is 23.7 Å². The molecule has 0 fully saturated rings. The molecule has 0 saturated heterocycles. The number of carbonyl (C=O) groups excluding carboxylic acids is 1. The van der Waals surface area contributed by atoms with Crippen molar-refractivity contribution in [3.8, 4) is 0 Å². The zero-order valence-electron chi connectivity index (χ0n) is 16.9. The summed E-state index contributed by atoms with van der Waals surface area (Å²) in [5.74, 6) is -1.85. The van der Waals surface area contributed by atoms with Gasteiger partial charge in [-0.25, -0.2) is 18.2 Å². The number of methoxy groups -OCH3 is 1. The van der Waals surface area contributed by atoms with Crippen molar-refractivity contribution in [3.63, 3.8) is 0 Å². The molecule has 0 saturated carbocycles. The standard InChI is InChI=1S/C22H22F3N3O3/c1-30-9-8-26-22(29)20-14-31-21(27-20)13-28(11-15-2-5-17(23)6-3-15)12-16-4-7-18(24)10-19(16)25/h2-7,10,14H,8-9,11-13H2,1H3,(H,26,29). The van der Waals surface area contributed by atoms with E-state index in [1.807, 2.05) is 0 Å². The van der Waals surface area contributed by atoms with E-state index in [1.165, 1.54) is 37.6 Å². The number of nitrogens with zero attached hydrogens (tertiary/aromatic N) is 2. The molecule has 0 unspecified atom stereocenters. The van der Waals surface area contributed by atoms with Crippen LogP contribution in [0.15, 0.2) is 53.1 Å². The highest BCUT2D eigenvalue weighted by Crippen LogP contribution is 2.17. The van der Waals surface area contributed by atoms with Gasteiger partial charge in [0.05, 0.1) is 13.2 Å². The van der Waals surface area contributed by atoms with Gasteiger partial charge in [0, 0.05) is 38.4 Å². The number of hydrogen-bond acceptors (Lipinski definition) is 5. The second-order valence-corrected chi connectivity index (χ2v) is 6.88. The van der Waals surface area contributed by atoms with Gasteiger partial charge in [0.2, 0.25) is 5.89 Å². The van der Waals surface area contributed by atoms with Crippen LogP contribution < -0.4 is 5.32 Å². The number of oxazole rings is 1. The van der Waals surface area contributed by atoms with E-state index in [0.717, 1.165) is 11.6 Å². The average Bonchev–Trinajstić information content (AvgIpc) is 3.20. The molecule has 1 N–H and O–H groups in total. The zero-order valence-corrected chi connectivity index (χ0v) is 16.9. The van der Waals surface area contributed by atoms with Crippen molar-refractivity contribution < 1.29 is 27.1 Å². The van der Waals surface area contributed by atoms with E-state index in [4.69, 9.17) is 9.15 Å². The summed E-state index contributed by atoms with van der Waals surface area (Å²) in [6.07, 6.45) is 1.24. The van der Waals surface area contributed by atoms with Crippen LogP contribution in [0.2, 0.25) is 0 Å². The molecule has 3 rings (SSSR count). The second-order valence-electron chi connectivity index (χ2n) is 6.88. The van der Waals surface area contributed by atoms with E-state index in [0.29, 0.717) is 19.7 Å². The van der Waals surface area contributed by atoms with Crippen molar-refractivity contribution in [3.05, 3.63) is 88.9 Å². The number of halogens is 3. The Hall–Kier alpha value is -3.17. The van der Waals surface area contributed by atoms with Crippen molar-refractivity contribution in [1.29, 1.82) is 0 Å². The number of nitrogens with one attached hydrogen (secondary N) is 1. The van der Waals surface area contributed by atoms with Crippen LogP contribution in [0, 0.1) is 17.5 Å². The lowest BCUT2D eigenvalue weighted by Crippen LogP contribution is -2.27. The molecule has 0 atom stereocenters. The smallest absolute Gasteiger partial charge is 0.273 e. The Labute approximate surface area is 177 Å². The fourth-order valence-corrected chi connectivity index (χ4v) is 2.94. The molecule has 2 aromatic carbocycles. The molecule has 0 spiro atoms. The van der Waals surface area contributed by atoms with Crippen molar-refractivity contribution in [2.45, 2.75) is 19.6 Å². The van der Waals surface area contributed by atoms with E-state index >= 15 is 0 Å². The fraction of sp³-hybridized carbons (Fsp3) is 0.273. The maximum atomic E-state index is 14.2. The largest absolute Gasteiger partial charge is 0.447 e. The quantitative estimate of drug-likeness (QED) is 0.494. The number of rotatable bonds is 10. The van der Waals surface area contributed by atoms with Crippen LogP contribution >= 0.6 is 0 Å². The highest BCUT2D eigenvalue weighted by atomic mass is 19.1. The third kappa shape index (κ3) is 6.66. The van der Waals surface area contributed by atoms with Gasteiger partial charge in [0.25, 0.3) is 5.91 Å². The van der Waals surface area contributed by atoms with Crippen LogP contribution in [-0.4, -0.2) is 36.1 Å². The van der Waals surface area contributed by atoms with Gasteiger partial charge >= 0.3 is 0 Å². The van der Waals surface area contributed by atoms with Gasteiger partial charge in [0.15, 0.2) is 5.69 Å². The molecular weight excluding hydrogens is 411 g/mol. The molecule has 1 amide bonds. The summed E-state index contributed by atoms with van der Waals surface area (Å²) in [7, 11) is 1.53. The van der Waals surface area contributed by atoms with Crippen molar-refractivity contribution in [2.75, 3.05) is 20.3 Å². The normalized spacial score (nSPS) is 11.1. The molecule has 0 bridgehead atoms. The summed E-state index contributed by atoms with van der Waals surface area (Å²) in [5.41, 5.74) is 1.18. The summed E-state index contributed by atoms with van der Waals surface area (Å²) in [6.45, 7) is 1.30. The van der Waals surface area contributed by atoms with E-state index < -0.39 is 17.5 Å². The second kappa shape index (κ2) is 10.7. The molecule has 0 aliphatic rings. The van der Waals surface area contributed by atoms with Crippen LogP contribution in [0.4, 0.5) is 13.2 Å². The van der Waals surface area contributed by atoms with Crippen molar-refractivity contribution in [1.82, 2.24) is 15.2 Å². The Kier molecular flexibility index (Phi) is 7.80. The van der Waals surface area contributed by atoms with Crippen LogP contribution in [0.1, 0.15) is 27.5 Å². The SMILES string of the molecule is COCCNC(=O)c1coc(CN(Cc2ccc(F)cc2)Cc2ccc(F)cc2F)n1. The molecule has 1 heterocycles. The van der Waals surface area contributed by atoms with Crippen LogP contribution in [0.5, 0.6) is 0 Å². The number of amides is 1. The molecule has 6 nitrogen and oxygen atoms in total. The van der Waals surface area contributed by atoms with Crippen LogP contribution in [-0.2, 0) is 24.4 Å². The lowest BCUT2D eigenvalue weighted by Gasteiger charge is -2.21. The minimum absolute atomic E-state index is 0.112. The lowest BCUT2D eigenvalue weighted by atomic mass is 10.1. The van der Waals surface area contributed by atoms with Gasteiger partial charge in [-0.05, 0) is 23.8 Å². The number of hydrogen-bond donors (Lipinski definition) is 1. The predicted octanol–water partition coefficient (Wildman–Crippen LogP) is 3.67. The van der Waals surface area contributed by atoms with Crippen molar-refractivity contribution >= 4 is 5.91 Å². The third-order valence-corrected chi connectivity index (χ3v) is 4.46. The van der Waals surface area contributed by atoms with E-state index in [2.05, 4.69) is 10.3 Å². The molecule has 3 aromatic rings. The average molecular weight is 433 g/mol. The first-order valence-electron chi connectivity index (χ1n) is 9.57. The van der Waals surface area contributed by atoms with Gasteiger partial charge in [-0.3, -0.25) is 9.69 Å². The minimum Gasteiger partial charge on any atom is -0.447 e. The van der Waals surface area contributed by atoms with E-state index in [9.17, 15) is 18.0 Å². The van der Waals surface area contributed by atoms with Gasteiger partial charge < -0.3 is 14.5 Å². The third-order valence-electron chi connectivity index (χ3n) is 4.46. The van der Waals surface area contributed by atoms with Gasteiger partial charge in [-0.15, -0.1) is 0 Å². The van der Waals surface area contributed by atoms with Crippen LogP contribution in [0.25, 0.3) is 0 Å². The minimum atomic E-state index is -0.672. The lowest BCUT2D eigenvalue weighted by molar-refractivity contribution is 0.0932. The van der Waals surface area contributed by atoms with Gasteiger partial charge in [-0.2, -0.15) is 0 Å². The van der Waals surface area contributed by atoms with Crippen LogP contribution in [0.3, 0.4) is 0 Å². The number of ether oxygens (including phenoxy) is 1. The first-order chi connectivity index (χ1) is 14.9. The molecule has 164 valence electrons.